The molecule has 140 valence electrons. The molecule has 1 aromatic heterocycles. The van der Waals surface area contributed by atoms with Crippen LogP contribution in [0.4, 0.5) is 4.39 Å². The number of benzene rings is 1. The highest BCUT2D eigenvalue weighted by Crippen LogP contribution is 2.39. The van der Waals surface area contributed by atoms with Gasteiger partial charge >= 0.3 is 0 Å². The summed E-state index contributed by atoms with van der Waals surface area (Å²) >= 11 is 0. The molecule has 1 amide bonds. The molecular weight excluding hydrogens is 337 g/mol. The van der Waals surface area contributed by atoms with Crippen LogP contribution in [-0.4, -0.2) is 34.0 Å². The van der Waals surface area contributed by atoms with Gasteiger partial charge in [0, 0.05) is 12.2 Å². The van der Waals surface area contributed by atoms with Crippen LogP contribution in [0.3, 0.4) is 0 Å². The Morgan fingerprint density at radius 2 is 2.23 bits per heavy atom. The van der Waals surface area contributed by atoms with E-state index in [1.807, 2.05) is 13.8 Å². The normalized spacial score (nSPS) is 20.3. The van der Waals surface area contributed by atoms with Crippen molar-refractivity contribution < 1.29 is 19.0 Å². The van der Waals surface area contributed by atoms with Crippen LogP contribution < -0.4 is 10.1 Å². The number of hydrogen-bond acceptors (Lipinski definition) is 4. The van der Waals surface area contributed by atoms with Crippen molar-refractivity contribution in [2.45, 2.75) is 45.4 Å². The minimum Gasteiger partial charge on any atom is -0.494 e. The first kappa shape index (κ1) is 18.4. The lowest BCUT2D eigenvalue weighted by Crippen LogP contribution is -2.41. The molecule has 0 bridgehead atoms. The minimum atomic E-state index is -0.473. The molecule has 3 rings (SSSR count). The van der Waals surface area contributed by atoms with Crippen LogP contribution in [0.15, 0.2) is 24.4 Å². The number of aliphatic hydroxyl groups is 1. The Kier molecular flexibility index (Phi) is 5.27. The van der Waals surface area contributed by atoms with E-state index in [1.165, 1.54) is 13.2 Å². The Morgan fingerprint density at radius 3 is 2.77 bits per heavy atom. The van der Waals surface area contributed by atoms with Crippen LogP contribution in [0.5, 0.6) is 5.75 Å². The maximum atomic E-state index is 14.1. The number of methoxy groups -OCH3 is 1. The van der Waals surface area contributed by atoms with Gasteiger partial charge in [-0.05, 0) is 50.3 Å². The predicted octanol–water partition coefficient (Wildman–Crippen LogP) is 2.60. The molecular formula is C19H24FN3O3. The molecule has 0 saturated heterocycles. The standard InChI is InChI=1S/C19H24FN3O3/c1-4-23-11(2)15(10-21-23)19(25)22-18(13-7-14(24)8-13)12-5-6-17(26-3)16(20)9-12/h5-6,9-10,13-14,18,24H,4,7-8H2,1-3H3,(H,22,25)/t13?,14?,18-/m0/s1. The molecule has 2 aromatic rings. The highest BCUT2D eigenvalue weighted by Gasteiger charge is 2.36. The molecule has 1 fully saturated rings. The number of rotatable bonds is 6. The van der Waals surface area contributed by atoms with E-state index in [9.17, 15) is 14.3 Å². The number of aromatic nitrogens is 2. The summed E-state index contributed by atoms with van der Waals surface area (Å²) in [6.07, 6.45) is 2.33. The van der Waals surface area contributed by atoms with Gasteiger partial charge in [-0.1, -0.05) is 6.07 Å². The fourth-order valence-corrected chi connectivity index (χ4v) is 3.46. The molecule has 0 unspecified atom stereocenters. The average molecular weight is 361 g/mol. The lowest BCUT2D eigenvalue weighted by molar-refractivity contribution is 0.0234. The molecule has 1 heterocycles. The number of halogens is 1. The topological polar surface area (TPSA) is 76.4 Å². The lowest BCUT2D eigenvalue weighted by Gasteiger charge is -2.38. The molecule has 0 radical (unpaired) electrons. The van der Waals surface area contributed by atoms with Crippen LogP contribution in [0.2, 0.25) is 0 Å². The van der Waals surface area contributed by atoms with Gasteiger partial charge in [0.2, 0.25) is 0 Å². The van der Waals surface area contributed by atoms with E-state index in [1.54, 1.807) is 23.0 Å². The van der Waals surface area contributed by atoms with Crippen molar-refractivity contribution in [2.75, 3.05) is 7.11 Å². The van der Waals surface area contributed by atoms with Gasteiger partial charge in [-0.15, -0.1) is 0 Å². The summed E-state index contributed by atoms with van der Waals surface area (Å²) in [5.41, 5.74) is 1.96. The Balaban J connectivity index is 1.86. The van der Waals surface area contributed by atoms with E-state index in [0.29, 0.717) is 30.5 Å². The van der Waals surface area contributed by atoms with Crippen molar-refractivity contribution >= 4 is 5.91 Å². The quantitative estimate of drug-likeness (QED) is 0.829. The van der Waals surface area contributed by atoms with Crippen LogP contribution in [-0.2, 0) is 6.54 Å². The second-order valence-corrected chi connectivity index (χ2v) is 6.69. The van der Waals surface area contributed by atoms with E-state index < -0.39 is 5.82 Å². The maximum absolute atomic E-state index is 14.1. The predicted molar refractivity (Wildman–Crippen MR) is 94.5 cm³/mol. The Hall–Kier alpha value is -2.41. The number of aliphatic hydroxyl groups excluding tert-OH is 1. The summed E-state index contributed by atoms with van der Waals surface area (Å²) in [6.45, 7) is 4.49. The minimum absolute atomic E-state index is 0.0586. The molecule has 7 heteroatoms. The number of aryl methyl sites for hydroxylation is 1. The summed E-state index contributed by atoms with van der Waals surface area (Å²) in [6, 6.07) is 4.31. The van der Waals surface area contributed by atoms with Crippen molar-refractivity contribution in [3.05, 3.63) is 47.0 Å². The molecule has 2 N–H and O–H groups in total. The fourth-order valence-electron chi connectivity index (χ4n) is 3.46. The molecule has 0 aliphatic heterocycles. The maximum Gasteiger partial charge on any atom is 0.255 e. The third-order valence-corrected chi connectivity index (χ3v) is 5.09. The van der Waals surface area contributed by atoms with E-state index in [-0.39, 0.29) is 29.7 Å². The summed E-state index contributed by atoms with van der Waals surface area (Å²) in [5, 5.41) is 16.9. The fraction of sp³-hybridized carbons (Fsp3) is 0.474. The Bertz CT molecular complexity index is 799. The largest absolute Gasteiger partial charge is 0.494 e. The number of nitrogens with zero attached hydrogens (tertiary/aromatic N) is 2. The Labute approximate surface area is 152 Å². The zero-order valence-electron chi connectivity index (χ0n) is 15.2. The third kappa shape index (κ3) is 3.44. The average Bonchev–Trinajstić information content (AvgIpc) is 2.97. The lowest BCUT2D eigenvalue weighted by atomic mass is 9.75. The second-order valence-electron chi connectivity index (χ2n) is 6.69. The Morgan fingerprint density at radius 1 is 1.50 bits per heavy atom. The zero-order valence-corrected chi connectivity index (χ0v) is 15.2. The first-order valence-electron chi connectivity index (χ1n) is 8.79. The molecule has 1 saturated carbocycles. The first-order chi connectivity index (χ1) is 12.4. The number of carbonyl (C=O) groups is 1. The molecule has 1 aliphatic rings. The molecule has 1 aromatic carbocycles. The van der Waals surface area contributed by atoms with Gasteiger partial charge in [0.1, 0.15) is 0 Å². The van der Waals surface area contributed by atoms with Crippen molar-refractivity contribution in [3.8, 4) is 5.75 Å². The molecule has 26 heavy (non-hydrogen) atoms. The van der Waals surface area contributed by atoms with E-state index in [4.69, 9.17) is 4.74 Å². The first-order valence-corrected chi connectivity index (χ1v) is 8.79. The van der Waals surface area contributed by atoms with Gasteiger partial charge < -0.3 is 15.2 Å². The van der Waals surface area contributed by atoms with Crippen LogP contribution in [0.1, 0.15) is 47.4 Å². The van der Waals surface area contributed by atoms with E-state index >= 15 is 0 Å². The SMILES string of the molecule is CCn1ncc(C(=O)N[C@@H](c2ccc(OC)c(F)c2)C2CC(O)C2)c1C. The van der Waals surface area contributed by atoms with Crippen LogP contribution >= 0.6 is 0 Å². The summed E-state index contributed by atoms with van der Waals surface area (Å²) in [4.78, 5) is 12.8. The number of amides is 1. The number of nitrogens with one attached hydrogen (secondary N) is 1. The van der Waals surface area contributed by atoms with Crippen molar-refractivity contribution in [2.24, 2.45) is 5.92 Å². The van der Waals surface area contributed by atoms with Crippen molar-refractivity contribution in [1.29, 1.82) is 0 Å². The highest BCUT2D eigenvalue weighted by atomic mass is 19.1. The number of hydrogen-bond donors (Lipinski definition) is 2. The molecule has 0 spiro atoms. The molecule has 1 aliphatic carbocycles. The van der Waals surface area contributed by atoms with E-state index in [0.717, 1.165) is 5.69 Å². The van der Waals surface area contributed by atoms with Crippen molar-refractivity contribution in [3.63, 3.8) is 0 Å². The highest BCUT2D eigenvalue weighted by molar-refractivity contribution is 5.95. The summed E-state index contributed by atoms with van der Waals surface area (Å²) in [5.74, 6) is -0.500. The van der Waals surface area contributed by atoms with Gasteiger partial charge in [-0.2, -0.15) is 5.10 Å². The zero-order chi connectivity index (χ0) is 18.8. The van der Waals surface area contributed by atoms with Crippen molar-refractivity contribution in [1.82, 2.24) is 15.1 Å². The number of ether oxygens (including phenoxy) is 1. The van der Waals surface area contributed by atoms with Crippen LogP contribution in [0.25, 0.3) is 0 Å². The van der Waals surface area contributed by atoms with Gasteiger partial charge in [-0.25, -0.2) is 4.39 Å². The van der Waals surface area contributed by atoms with Gasteiger partial charge in [-0.3, -0.25) is 9.48 Å². The summed E-state index contributed by atoms with van der Waals surface area (Å²) in [7, 11) is 1.41. The molecule has 6 nitrogen and oxygen atoms in total. The van der Waals surface area contributed by atoms with Crippen LogP contribution in [0, 0.1) is 18.7 Å². The van der Waals surface area contributed by atoms with Gasteiger partial charge in [0.15, 0.2) is 11.6 Å². The second kappa shape index (κ2) is 7.45. The third-order valence-electron chi connectivity index (χ3n) is 5.09. The molecule has 1 atom stereocenters. The van der Waals surface area contributed by atoms with Gasteiger partial charge in [0.25, 0.3) is 5.91 Å². The smallest absolute Gasteiger partial charge is 0.255 e. The number of carbonyl (C=O) groups excluding carboxylic acids is 1. The van der Waals surface area contributed by atoms with Gasteiger partial charge in [0.05, 0.1) is 31.0 Å². The monoisotopic (exact) mass is 361 g/mol. The summed E-state index contributed by atoms with van der Waals surface area (Å²) < 4.78 is 20.9. The van der Waals surface area contributed by atoms with E-state index in [2.05, 4.69) is 10.4 Å².